The third-order valence-electron chi connectivity index (χ3n) is 5.91. The Kier molecular flexibility index (Phi) is 8.25. The largest absolute Gasteiger partial charge is 0.466 e. The number of hydrogen-bond donors (Lipinski definition) is 2. The molecule has 0 saturated heterocycles. The number of ether oxygens (including phenoxy) is 1. The molecule has 1 amide bonds. The Labute approximate surface area is 219 Å². The highest BCUT2D eigenvalue weighted by molar-refractivity contribution is 7.98. The molecule has 0 aliphatic rings. The minimum atomic E-state index is -0.338. The first-order chi connectivity index (χ1) is 17.9. The van der Waals surface area contributed by atoms with Crippen molar-refractivity contribution in [1.82, 2.24) is 9.55 Å². The first-order valence-electron chi connectivity index (χ1n) is 11.9. The fourth-order valence-electron chi connectivity index (χ4n) is 3.94. The standard InChI is InChI=1S/C28H29N5O3S/c1-3-36-26(34)15-16-33(21-7-5-4-6-8-21)28(35)20-11-14-24-23(17-20)31-25(32(24)2)18-37-22-12-9-19(10-13-22)27(29)30/h4-14,17H,3,15-16,18H2,1-2H3,(H3,29,30). The van der Waals surface area contributed by atoms with E-state index in [1.165, 1.54) is 0 Å². The highest BCUT2D eigenvalue weighted by Crippen LogP contribution is 2.26. The van der Waals surface area contributed by atoms with Crippen molar-refractivity contribution < 1.29 is 14.3 Å². The summed E-state index contributed by atoms with van der Waals surface area (Å²) in [5, 5.41) is 7.52. The smallest absolute Gasteiger partial charge is 0.307 e. The molecule has 0 bridgehead atoms. The summed E-state index contributed by atoms with van der Waals surface area (Å²) in [6.07, 6.45) is 0.106. The van der Waals surface area contributed by atoms with E-state index in [4.69, 9.17) is 20.9 Å². The highest BCUT2D eigenvalue weighted by atomic mass is 32.2. The van der Waals surface area contributed by atoms with E-state index in [2.05, 4.69) is 0 Å². The number of aryl methyl sites for hydroxylation is 1. The number of nitrogens with zero attached hydrogens (tertiary/aromatic N) is 3. The molecule has 190 valence electrons. The van der Waals surface area contributed by atoms with Gasteiger partial charge in [0, 0.05) is 35.3 Å². The molecule has 1 aromatic heterocycles. The number of carbonyl (C=O) groups excluding carboxylic acids is 2. The normalized spacial score (nSPS) is 10.9. The molecular formula is C28H29N5O3S. The number of nitrogens with one attached hydrogen (secondary N) is 1. The molecule has 4 rings (SSSR count). The van der Waals surface area contributed by atoms with Crippen LogP contribution in [0.4, 0.5) is 5.69 Å². The molecule has 0 aliphatic heterocycles. The molecule has 0 spiro atoms. The summed E-state index contributed by atoms with van der Waals surface area (Å²) in [4.78, 5) is 33.0. The van der Waals surface area contributed by atoms with Crippen molar-refractivity contribution in [1.29, 1.82) is 5.41 Å². The third kappa shape index (κ3) is 6.18. The zero-order valence-electron chi connectivity index (χ0n) is 20.8. The van der Waals surface area contributed by atoms with Crippen molar-refractivity contribution in [2.24, 2.45) is 12.8 Å². The van der Waals surface area contributed by atoms with E-state index in [0.717, 1.165) is 21.8 Å². The lowest BCUT2D eigenvalue weighted by Crippen LogP contribution is -2.33. The van der Waals surface area contributed by atoms with Gasteiger partial charge < -0.3 is 19.9 Å². The van der Waals surface area contributed by atoms with Gasteiger partial charge in [-0.2, -0.15) is 0 Å². The number of benzene rings is 3. The molecule has 3 aromatic carbocycles. The molecular weight excluding hydrogens is 486 g/mol. The number of esters is 1. The lowest BCUT2D eigenvalue weighted by molar-refractivity contribution is -0.142. The molecule has 0 atom stereocenters. The van der Waals surface area contributed by atoms with Crippen LogP contribution >= 0.6 is 11.8 Å². The molecule has 0 radical (unpaired) electrons. The summed E-state index contributed by atoms with van der Waals surface area (Å²) < 4.78 is 7.08. The maximum atomic E-state index is 13.5. The maximum Gasteiger partial charge on any atom is 0.307 e. The van der Waals surface area contributed by atoms with Crippen molar-refractivity contribution in [3.63, 3.8) is 0 Å². The summed E-state index contributed by atoms with van der Waals surface area (Å²) in [6, 6.07) is 22.3. The number of nitrogen functional groups attached to an aromatic ring is 1. The van der Waals surface area contributed by atoms with Crippen LogP contribution in [0.15, 0.2) is 77.7 Å². The van der Waals surface area contributed by atoms with Crippen molar-refractivity contribution in [3.8, 4) is 0 Å². The van der Waals surface area contributed by atoms with Crippen LogP contribution in [-0.2, 0) is 22.3 Å². The quantitative estimate of drug-likeness (QED) is 0.136. The number of amidine groups is 1. The van der Waals surface area contributed by atoms with Crippen LogP contribution in [0, 0.1) is 5.41 Å². The predicted molar refractivity (Wildman–Crippen MR) is 147 cm³/mol. The fourth-order valence-corrected chi connectivity index (χ4v) is 4.82. The lowest BCUT2D eigenvalue weighted by Gasteiger charge is -2.22. The molecule has 3 N–H and O–H groups in total. The van der Waals surface area contributed by atoms with Crippen LogP contribution in [0.3, 0.4) is 0 Å². The number of nitrogens with two attached hydrogens (primary N) is 1. The highest BCUT2D eigenvalue weighted by Gasteiger charge is 2.20. The Morgan fingerprint density at radius 3 is 2.43 bits per heavy atom. The van der Waals surface area contributed by atoms with E-state index in [0.29, 0.717) is 29.2 Å². The van der Waals surface area contributed by atoms with E-state index in [1.807, 2.05) is 72.3 Å². The minimum Gasteiger partial charge on any atom is -0.466 e. The van der Waals surface area contributed by atoms with E-state index < -0.39 is 0 Å². The fraction of sp³-hybridized carbons (Fsp3) is 0.214. The molecule has 0 unspecified atom stereocenters. The first kappa shape index (κ1) is 26.0. The van der Waals surface area contributed by atoms with Crippen LogP contribution in [0.1, 0.15) is 35.1 Å². The summed E-state index contributed by atoms with van der Waals surface area (Å²) in [5.41, 5.74) is 9.10. The van der Waals surface area contributed by atoms with Gasteiger partial charge in [-0.15, -0.1) is 11.8 Å². The molecule has 0 aliphatic carbocycles. The molecule has 37 heavy (non-hydrogen) atoms. The summed E-state index contributed by atoms with van der Waals surface area (Å²) in [7, 11) is 1.96. The van der Waals surface area contributed by atoms with Gasteiger partial charge in [0.05, 0.1) is 29.8 Å². The molecule has 1 heterocycles. The number of rotatable bonds is 10. The second-order valence-corrected chi connectivity index (χ2v) is 9.41. The Bertz CT molecular complexity index is 1420. The summed E-state index contributed by atoms with van der Waals surface area (Å²) in [6.45, 7) is 2.28. The van der Waals surface area contributed by atoms with Gasteiger partial charge in [0.15, 0.2) is 0 Å². The van der Waals surface area contributed by atoms with E-state index >= 15 is 0 Å². The van der Waals surface area contributed by atoms with Crippen molar-refractivity contribution in [2.45, 2.75) is 24.0 Å². The van der Waals surface area contributed by atoms with Crippen LogP contribution in [0.5, 0.6) is 0 Å². The van der Waals surface area contributed by atoms with Gasteiger partial charge in [-0.3, -0.25) is 15.0 Å². The number of aromatic nitrogens is 2. The van der Waals surface area contributed by atoms with E-state index in [-0.39, 0.29) is 30.7 Å². The zero-order chi connectivity index (χ0) is 26.4. The average molecular weight is 516 g/mol. The van der Waals surface area contributed by atoms with Gasteiger partial charge in [-0.1, -0.05) is 30.3 Å². The van der Waals surface area contributed by atoms with Gasteiger partial charge in [0.2, 0.25) is 0 Å². The summed E-state index contributed by atoms with van der Waals surface area (Å²) >= 11 is 1.64. The summed E-state index contributed by atoms with van der Waals surface area (Å²) in [5.74, 6) is 1.02. The van der Waals surface area contributed by atoms with Gasteiger partial charge >= 0.3 is 5.97 Å². The second-order valence-electron chi connectivity index (χ2n) is 8.36. The number of anilines is 1. The Balaban J connectivity index is 1.54. The number of para-hydroxylation sites is 1. The van der Waals surface area contributed by atoms with Crippen LogP contribution < -0.4 is 10.6 Å². The molecule has 9 heteroatoms. The average Bonchev–Trinajstić information content (AvgIpc) is 3.23. The molecule has 0 saturated carbocycles. The van der Waals surface area contributed by atoms with Crippen molar-refractivity contribution >= 4 is 46.2 Å². The number of carbonyl (C=O) groups is 2. The first-order valence-corrected chi connectivity index (χ1v) is 12.9. The zero-order valence-corrected chi connectivity index (χ0v) is 21.6. The van der Waals surface area contributed by atoms with Gasteiger partial charge in [-0.05, 0) is 49.4 Å². The van der Waals surface area contributed by atoms with Crippen LogP contribution in [-0.4, -0.2) is 40.4 Å². The van der Waals surface area contributed by atoms with Gasteiger partial charge in [-0.25, -0.2) is 4.98 Å². The van der Waals surface area contributed by atoms with Crippen molar-refractivity contribution in [2.75, 3.05) is 18.1 Å². The lowest BCUT2D eigenvalue weighted by atomic mass is 10.1. The van der Waals surface area contributed by atoms with Gasteiger partial charge in [0.1, 0.15) is 11.7 Å². The van der Waals surface area contributed by atoms with E-state index in [1.54, 1.807) is 35.7 Å². The number of hydrogen-bond acceptors (Lipinski definition) is 6. The predicted octanol–water partition coefficient (Wildman–Crippen LogP) is 4.75. The number of amides is 1. The number of fused-ring (bicyclic) bond motifs is 1. The van der Waals surface area contributed by atoms with Crippen molar-refractivity contribution in [3.05, 3.63) is 89.7 Å². The van der Waals surface area contributed by atoms with Crippen LogP contribution in [0.2, 0.25) is 0 Å². The SMILES string of the molecule is CCOC(=O)CCN(C(=O)c1ccc2c(c1)nc(CSc1ccc(C(=N)N)cc1)n2C)c1ccccc1. The van der Waals surface area contributed by atoms with E-state index in [9.17, 15) is 9.59 Å². The molecule has 8 nitrogen and oxygen atoms in total. The van der Waals surface area contributed by atoms with Gasteiger partial charge in [0.25, 0.3) is 5.91 Å². The second kappa shape index (κ2) is 11.7. The number of imidazole rings is 1. The molecule has 4 aromatic rings. The third-order valence-corrected chi connectivity index (χ3v) is 6.92. The number of thioether (sulfide) groups is 1. The Morgan fingerprint density at radius 2 is 1.76 bits per heavy atom. The van der Waals surface area contributed by atoms with Crippen LogP contribution in [0.25, 0.3) is 11.0 Å². The minimum absolute atomic E-state index is 0.0453. The Morgan fingerprint density at radius 1 is 1.05 bits per heavy atom. The molecule has 0 fully saturated rings. The monoisotopic (exact) mass is 515 g/mol. The Hall–Kier alpha value is -4.11. The topological polar surface area (TPSA) is 114 Å². The maximum absolute atomic E-state index is 13.5.